The zero-order valence-corrected chi connectivity index (χ0v) is 5.58. The van der Waals surface area contributed by atoms with Crippen LogP contribution in [0.1, 0.15) is 13.3 Å². The van der Waals surface area contributed by atoms with E-state index in [9.17, 15) is 0 Å². The number of ether oxygens (including phenoxy) is 1. The molecule has 52 valence electrons. The molecule has 9 heavy (non-hydrogen) atoms. The molecule has 2 atom stereocenters. The van der Waals surface area contributed by atoms with Crippen LogP contribution in [-0.2, 0) is 4.74 Å². The van der Waals surface area contributed by atoms with Crippen molar-refractivity contribution in [2.75, 3.05) is 6.61 Å². The highest BCUT2D eigenvalue weighted by Gasteiger charge is 2.15. The molecule has 0 radical (unpaired) electrons. The maximum absolute atomic E-state index is 8.60. The fourth-order valence-corrected chi connectivity index (χ4v) is 0.899. The smallest absolute Gasteiger partial charge is 0.0995 e. The highest BCUT2D eigenvalue weighted by atomic mass is 16.5. The van der Waals surface area contributed by atoms with E-state index in [1.165, 1.54) is 0 Å². The first-order valence-electron chi connectivity index (χ1n) is 3.31. The Morgan fingerprint density at radius 1 is 1.44 bits per heavy atom. The molecule has 0 spiro atoms. The molecule has 2 heteroatoms. The van der Waals surface area contributed by atoms with Crippen LogP contribution in [0.4, 0.5) is 0 Å². The van der Waals surface area contributed by atoms with Crippen molar-refractivity contribution in [1.82, 2.24) is 0 Å². The molecule has 0 aromatic heterocycles. The van der Waals surface area contributed by atoms with E-state index < -0.39 is 0 Å². The van der Waals surface area contributed by atoms with Gasteiger partial charge in [-0.05, 0) is 6.42 Å². The number of aliphatic hydroxyl groups is 1. The first kappa shape index (κ1) is 6.78. The second-order valence-electron chi connectivity index (χ2n) is 2.19. The maximum Gasteiger partial charge on any atom is 0.0995 e. The maximum atomic E-state index is 8.60. The largest absolute Gasteiger partial charge is 0.393 e. The van der Waals surface area contributed by atoms with E-state index in [1.807, 2.05) is 12.2 Å². The van der Waals surface area contributed by atoms with E-state index in [2.05, 4.69) is 6.92 Å². The summed E-state index contributed by atoms with van der Waals surface area (Å²) < 4.78 is 5.30. The predicted octanol–water partition coefficient (Wildman–Crippen LogP) is 0.712. The van der Waals surface area contributed by atoms with E-state index in [-0.39, 0.29) is 18.8 Å². The normalized spacial score (nSPS) is 33.6. The van der Waals surface area contributed by atoms with Gasteiger partial charge >= 0.3 is 0 Å². The van der Waals surface area contributed by atoms with Crippen molar-refractivity contribution in [1.29, 1.82) is 0 Å². The highest BCUT2D eigenvalue weighted by Crippen LogP contribution is 2.12. The summed E-state index contributed by atoms with van der Waals surface area (Å²) in [4.78, 5) is 0. The molecule has 0 saturated carbocycles. The minimum absolute atomic E-state index is 0.0463. The second-order valence-corrected chi connectivity index (χ2v) is 2.19. The van der Waals surface area contributed by atoms with E-state index in [0.717, 1.165) is 6.42 Å². The zero-order chi connectivity index (χ0) is 6.69. The third-order valence-corrected chi connectivity index (χ3v) is 1.47. The number of aliphatic hydroxyl groups excluding tert-OH is 1. The standard InChI is InChI=1S/C7H12O2/c1-2-6-3-4-7(5-8)9-6/h3-4,6-8H,2,5H2,1H3. The van der Waals surface area contributed by atoms with E-state index >= 15 is 0 Å². The number of rotatable bonds is 2. The summed E-state index contributed by atoms with van der Waals surface area (Å²) in [6.45, 7) is 2.17. The lowest BCUT2D eigenvalue weighted by Crippen LogP contribution is -2.14. The van der Waals surface area contributed by atoms with Crippen LogP contribution in [-0.4, -0.2) is 23.9 Å². The third-order valence-electron chi connectivity index (χ3n) is 1.47. The van der Waals surface area contributed by atoms with Gasteiger partial charge in [0.2, 0.25) is 0 Å². The molecule has 0 aromatic carbocycles. The summed E-state index contributed by atoms with van der Waals surface area (Å²) in [6, 6.07) is 0. The topological polar surface area (TPSA) is 29.5 Å². The van der Waals surface area contributed by atoms with Gasteiger partial charge in [0.15, 0.2) is 0 Å². The first-order chi connectivity index (χ1) is 4.36. The van der Waals surface area contributed by atoms with Crippen molar-refractivity contribution in [2.24, 2.45) is 0 Å². The number of hydrogen-bond acceptors (Lipinski definition) is 2. The SMILES string of the molecule is CCC1C=CC(CO)O1. The average molecular weight is 128 g/mol. The van der Waals surface area contributed by atoms with Crippen LogP contribution in [0.2, 0.25) is 0 Å². The molecule has 0 amide bonds. The summed E-state index contributed by atoms with van der Waals surface area (Å²) in [5, 5.41) is 8.60. The zero-order valence-electron chi connectivity index (χ0n) is 5.58. The summed E-state index contributed by atoms with van der Waals surface area (Å²) in [7, 11) is 0. The minimum Gasteiger partial charge on any atom is -0.393 e. The molecule has 2 unspecified atom stereocenters. The second kappa shape index (κ2) is 2.99. The van der Waals surface area contributed by atoms with Crippen LogP contribution in [0.5, 0.6) is 0 Å². The van der Waals surface area contributed by atoms with Crippen LogP contribution in [0, 0.1) is 0 Å². The third kappa shape index (κ3) is 1.53. The lowest BCUT2D eigenvalue weighted by molar-refractivity contribution is 0.0245. The van der Waals surface area contributed by atoms with Gasteiger partial charge in [-0.2, -0.15) is 0 Å². The Morgan fingerprint density at radius 3 is 2.44 bits per heavy atom. The molecular weight excluding hydrogens is 116 g/mol. The Morgan fingerprint density at radius 2 is 2.11 bits per heavy atom. The van der Waals surface area contributed by atoms with Gasteiger partial charge in [0, 0.05) is 0 Å². The molecule has 2 nitrogen and oxygen atoms in total. The van der Waals surface area contributed by atoms with Gasteiger partial charge in [0.1, 0.15) is 0 Å². The monoisotopic (exact) mass is 128 g/mol. The van der Waals surface area contributed by atoms with Crippen LogP contribution >= 0.6 is 0 Å². The fraction of sp³-hybridized carbons (Fsp3) is 0.714. The van der Waals surface area contributed by atoms with Gasteiger partial charge in [-0.15, -0.1) is 0 Å². The average Bonchev–Trinajstić information content (AvgIpc) is 2.34. The molecule has 0 aromatic rings. The van der Waals surface area contributed by atoms with E-state index in [1.54, 1.807) is 0 Å². The van der Waals surface area contributed by atoms with Gasteiger partial charge < -0.3 is 9.84 Å². The Balaban J connectivity index is 2.31. The van der Waals surface area contributed by atoms with Crippen LogP contribution in [0.15, 0.2) is 12.2 Å². The fourth-order valence-electron chi connectivity index (χ4n) is 0.899. The molecule has 0 aliphatic carbocycles. The Bertz CT molecular complexity index is 97.5. The quantitative estimate of drug-likeness (QED) is 0.555. The van der Waals surface area contributed by atoms with Crippen molar-refractivity contribution in [3.05, 3.63) is 12.2 Å². The first-order valence-corrected chi connectivity index (χ1v) is 3.31. The van der Waals surface area contributed by atoms with Crippen LogP contribution < -0.4 is 0 Å². The predicted molar refractivity (Wildman–Crippen MR) is 35.2 cm³/mol. The van der Waals surface area contributed by atoms with Crippen molar-refractivity contribution in [3.63, 3.8) is 0 Å². The van der Waals surface area contributed by atoms with Crippen molar-refractivity contribution < 1.29 is 9.84 Å². The van der Waals surface area contributed by atoms with Crippen LogP contribution in [0.3, 0.4) is 0 Å². The summed E-state index contributed by atoms with van der Waals surface area (Å²) in [6.07, 6.45) is 5.10. The Hall–Kier alpha value is -0.340. The summed E-state index contributed by atoms with van der Waals surface area (Å²) in [5.41, 5.74) is 0. The highest BCUT2D eigenvalue weighted by molar-refractivity contribution is 5.01. The summed E-state index contributed by atoms with van der Waals surface area (Å²) in [5.74, 6) is 0. The molecule has 1 heterocycles. The van der Waals surface area contributed by atoms with Gasteiger partial charge in [-0.3, -0.25) is 0 Å². The number of hydrogen-bond donors (Lipinski definition) is 1. The van der Waals surface area contributed by atoms with Gasteiger partial charge in [0.05, 0.1) is 18.8 Å². The molecule has 0 saturated heterocycles. The lowest BCUT2D eigenvalue weighted by Gasteiger charge is -2.08. The Labute approximate surface area is 55.1 Å². The van der Waals surface area contributed by atoms with Crippen molar-refractivity contribution in [3.8, 4) is 0 Å². The van der Waals surface area contributed by atoms with E-state index in [0.29, 0.717) is 0 Å². The molecular formula is C7H12O2. The summed E-state index contributed by atoms with van der Waals surface area (Å²) >= 11 is 0. The molecule has 0 bridgehead atoms. The molecule has 1 aliphatic heterocycles. The molecule has 1 rings (SSSR count). The van der Waals surface area contributed by atoms with E-state index in [4.69, 9.17) is 9.84 Å². The molecule has 1 N–H and O–H groups in total. The molecule has 0 fully saturated rings. The van der Waals surface area contributed by atoms with Gasteiger partial charge in [-0.1, -0.05) is 19.1 Å². The van der Waals surface area contributed by atoms with Gasteiger partial charge in [0.25, 0.3) is 0 Å². The Kier molecular flexibility index (Phi) is 2.25. The lowest BCUT2D eigenvalue weighted by atomic mass is 10.3. The van der Waals surface area contributed by atoms with Gasteiger partial charge in [-0.25, -0.2) is 0 Å². The molecule has 1 aliphatic rings. The minimum atomic E-state index is -0.0463. The van der Waals surface area contributed by atoms with Crippen LogP contribution in [0.25, 0.3) is 0 Å². The van der Waals surface area contributed by atoms with Crippen molar-refractivity contribution in [2.45, 2.75) is 25.6 Å². The van der Waals surface area contributed by atoms with Crippen molar-refractivity contribution >= 4 is 0 Å².